The Bertz CT molecular complexity index is 535. The van der Waals surface area contributed by atoms with E-state index in [0.29, 0.717) is 6.61 Å². The summed E-state index contributed by atoms with van der Waals surface area (Å²) in [6.45, 7) is 2.75. The minimum atomic E-state index is 0.590. The molecule has 0 aliphatic heterocycles. The van der Waals surface area contributed by atoms with Gasteiger partial charge in [-0.1, -0.05) is 59.3 Å². The van der Waals surface area contributed by atoms with Gasteiger partial charge in [0.15, 0.2) is 0 Å². The van der Waals surface area contributed by atoms with E-state index in [0.717, 1.165) is 27.5 Å². The standard InChI is InChI=1S/C16H16Br2O/c1-2-12-6-8-13(9-7-12)11-19-16-14(10-17)4-3-5-15(16)18/h3-9H,2,10-11H2,1H3. The fraction of sp³-hybridized carbons (Fsp3) is 0.250. The first-order chi connectivity index (χ1) is 9.24. The highest BCUT2D eigenvalue weighted by Crippen LogP contribution is 2.31. The third kappa shape index (κ3) is 3.83. The van der Waals surface area contributed by atoms with Crippen molar-refractivity contribution < 1.29 is 4.74 Å². The summed E-state index contributed by atoms with van der Waals surface area (Å²) in [5, 5.41) is 0.788. The number of hydrogen-bond donors (Lipinski definition) is 0. The van der Waals surface area contributed by atoms with Gasteiger partial charge < -0.3 is 4.74 Å². The largest absolute Gasteiger partial charge is 0.487 e. The average Bonchev–Trinajstić information content (AvgIpc) is 2.46. The maximum absolute atomic E-state index is 5.94. The second-order valence-electron chi connectivity index (χ2n) is 4.32. The van der Waals surface area contributed by atoms with Gasteiger partial charge in [0.05, 0.1) is 4.47 Å². The molecule has 0 aliphatic carbocycles. The number of aryl methyl sites for hydroxylation is 1. The molecule has 0 saturated carbocycles. The molecule has 0 saturated heterocycles. The lowest BCUT2D eigenvalue weighted by molar-refractivity contribution is 0.302. The normalized spacial score (nSPS) is 10.5. The topological polar surface area (TPSA) is 9.23 Å². The van der Waals surface area contributed by atoms with E-state index in [-0.39, 0.29) is 0 Å². The lowest BCUT2D eigenvalue weighted by Gasteiger charge is -2.12. The predicted octanol–water partition coefficient (Wildman–Crippen LogP) is 5.49. The van der Waals surface area contributed by atoms with Gasteiger partial charge in [0.2, 0.25) is 0 Å². The molecular weight excluding hydrogens is 368 g/mol. The van der Waals surface area contributed by atoms with Crippen LogP contribution in [-0.4, -0.2) is 0 Å². The monoisotopic (exact) mass is 382 g/mol. The zero-order valence-electron chi connectivity index (χ0n) is 10.8. The van der Waals surface area contributed by atoms with Crippen molar-refractivity contribution in [3.63, 3.8) is 0 Å². The van der Waals surface area contributed by atoms with Crippen LogP contribution in [-0.2, 0) is 18.4 Å². The Morgan fingerprint density at radius 3 is 2.32 bits per heavy atom. The number of halogens is 2. The van der Waals surface area contributed by atoms with Crippen molar-refractivity contribution in [2.75, 3.05) is 0 Å². The molecule has 0 amide bonds. The summed E-state index contributed by atoms with van der Waals surface area (Å²) in [5.41, 5.74) is 3.69. The maximum atomic E-state index is 5.94. The third-order valence-electron chi connectivity index (χ3n) is 3.01. The first-order valence-electron chi connectivity index (χ1n) is 6.28. The Labute approximate surface area is 131 Å². The van der Waals surface area contributed by atoms with E-state index < -0.39 is 0 Å². The molecule has 0 unspecified atom stereocenters. The molecule has 0 aromatic heterocycles. The summed E-state index contributed by atoms with van der Waals surface area (Å²) in [6.07, 6.45) is 1.07. The number of rotatable bonds is 5. The van der Waals surface area contributed by atoms with Crippen molar-refractivity contribution in [3.8, 4) is 5.75 Å². The van der Waals surface area contributed by atoms with Gasteiger partial charge in [-0.2, -0.15) is 0 Å². The second kappa shape index (κ2) is 7.11. The van der Waals surface area contributed by atoms with Crippen LogP contribution in [0.2, 0.25) is 0 Å². The third-order valence-corrected chi connectivity index (χ3v) is 4.24. The molecule has 3 heteroatoms. The molecule has 0 N–H and O–H groups in total. The van der Waals surface area contributed by atoms with Crippen LogP contribution in [0.3, 0.4) is 0 Å². The minimum Gasteiger partial charge on any atom is -0.487 e. The molecule has 0 radical (unpaired) electrons. The number of para-hydroxylation sites is 1. The zero-order valence-corrected chi connectivity index (χ0v) is 14.0. The van der Waals surface area contributed by atoms with E-state index in [4.69, 9.17) is 4.74 Å². The molecule has 1 nitrogen and oxygen atoms in total. The van der Waals surface area contributed by atoms with Gasteiger partial charge in [-0.25, -0.2) is 0 Å². The lowest BCUT2D eigenvalue weighted by atomic mass is 10.1. The highest BCUT2D eigenvalue weighted by Gasteiger charge is 2.07. The number of ether oxygens (including phenoxy) is 1. The van der Waals surface area contributed by atoms with Gasteiger partial charge in [-0.15, -0.1) is 0 Å². The second-order valence-corrected chi connectivity index (χ2v) is 5.74. The number of benzene rings is 2. The van der Waals surface area contributed by atoms with Crippen LogP contribution in [0.5, 0.6) is 5.75 Å². The molecule has 0 spiro atoms. The molecule has 100 valence electrons. The smallest absolute Gasteiger partial charge is 0.138 e. The molecule has 0 bridgehead atoms. The van der Waals surface area contributed by atoms with Crippen LogP contribution in [0, 0.1) is 0 Å². The first kappa shape index (κ1) is 14.6. The van der Waals surface area contributed by atoms with Gasteiger partial charge in [-0.05, 0) is 39.5 Å². The van der Waals surface area contributed by atoms with E-state index in [2.05, 4.69) is 69.1 Å². The number of alkyl halides is 1. The maximum Gasteiger partial charge on any atom is 0.138 e. The van der Waals surface area contributed by atoms with Crippen molar-refractivity contribution in [3.05, 3.63) is 63.6 Å². The molecule has 0 fully saturated rings. The minimum absolute atomic E-state index is 0.590. The van der Waals surface area contributed by atoms with Crippen LogP contribution < -0.4 is 4.74 Å². The van der Waals surface area contributed by atoms with Gasteiger partial charge in [0.25, 0.3) is 0 Å². The SMILES string of the molecule is CCc1ccc(COc2c(Br)cccc2CBr)cc1. The molecule has 0 atom stereocenters. The first-order valence-corrected chi connectivity index (χ1v) is 8.20. The average molecular weight is 384 g/mol. The summed E-state index contributed by atoms with van der Waals surface area (Å²) >= 11 is 7.03. The molecule has 2 aromatic rings. The highest BCUT2D eigenvalue weighted by molar-refractivity contribution is 9.10. The highest BCUT2D eigenvalue weighted by atomic mass is 79.9. The van der Waals surface area contributed by atoms with Crippen molar-refractivity contribution in [1.82, 2.24) is 0 Å². The van der Waals surface area contributed by atoms with Gasteiger partial charge >= 0.3 is 0 Å². The Morgan fingerprint density at radius 1 is 1.00 bits per heavy atom. The van der Waals surface area contributed by atoms with E-state index in [1.54, 1.807) is 0 Å². The molecule has 2 rings (SSSR count). The summed E-state index contributed by atoms with van der Waals surface area (Å²) in [7, 11) is 0. The van der Waals surface area contributed by atoms with E-state index in [1.807, 2.05) is 12.1 Å². The Kier molecular flexibility index (Phi) is 5.46. The molecule has 2 aromatic carbocycles. The summed E-state index contributed by atoms with van der Waals surface area (Å²) in [6, 6.07) is 14.7. The Hall–Kier alpha value is -0.800. The summed E-state index contributed by atoms with van der Waals surface area (Å²) < 4.78 is 6.94. The number of hydrogen-bond acceptors (Lipinski definition) is 1. The summed E-state index contributed by atoms with van der Waals surface area (Å²) in [5.74, 6) is 0.916. The summed E-state index contributed by atoms with van der Waals surface area (Å²) in [4.78, 5) is 0. The molecule has 19 heavy (non-hydrogen) atoms. The van der Waals surface area contributed by atoms with Crippen molar-refractivity contribution in [2.24, 2.45) is 0 Å². The van der Waals surface area contributed by atoms with Gasteiger partial charge in [-0.3, -0.25) is 0 Å². The van der Waals surface area contributed by atoms with Crippen LogP contribution >= 0.6 is 31.9 Å². The predicted molar refractivity (Wildman–Crippen MR) is 86.9 cm³/mol. The van der Waals surface area contributed by atoms with Crippen LogP contribution in [0.4, 0.5) is 0 Å². The zero-order chi connectivity index (χ0) is 13.7. The van der Waals surface area contributed by atoms with E-state index in [1.165, 1.54) is 11.1 Å². The van der Waals surface area contributed by atoms with Gasteiger partial charge in [0.1, 0.15) is 12.4 Å². The van der Waals surface area contributed by atoms with Gasteiger partial charge in [0, 0.05) is 10.9 Å². The van der Waals surface area contributed by atoms with Crippen molar-refractivity contribution >= 4 is 31.9 Å². The van der Waals surface area contributed by atoms with E-state index in [9.17, 15) is 0 Å². The Morgan fingerprint density at radius 2 is 1.68 bits per heavy atom. The van der Waals surface area contributed by atoms with Crippen LogP contribution in [0.25, 0.3) is 0 Å². The van der Waals surface area contributed by atoms with Crippen LogP contribution in [0.15, 0.2) is 46.9 Å². The van der Waals surface area contributed by atoms with Crippen molar-refractivity contribution in [2.45, 2.75) is 25.3 Å². The Balaban J connectivity index is 2.09. The van der Waals surface area contributed by atoms with Crippen LogP contribution in [0.1, 0.15) is 23.6 Å². The van der Waals surface area contributed by atoms with E-state index >= 15 is 0 Å². The fourth-order valence-electron chi connectivity index (χ4n) is 1.85. The molecule has 0 heterocycles. The molecule has 0 aliphatic rings. The fourth-order valence-corrected chi connectivity index (χ4v) is 2.81. The van der Waals surface area contributed by atoms with Crippen molar-refractivity contribution in [1.29, 1.82) is 0 Å². The molecular formula is C16H16Br2O. The lowest BCUT2D eigenvalue weighted by Crippen LogP contribution is -1.99. The quantitative estimate of drug-likeness (QED) is 0.620.